The average molecular weight is 482 g/mol. The lowest BCUT2D eigenvalue weighted by Gasteiger charge is -2.28. The van der Waals surface area contributed by atoms with Crippen molar-refractivity contribution in [3.8, 4) is 11.5 Å². The number of benzene rings is 2. The van der Waals surface area contributed by atoms with E-state index in [1.165, 1.54) is 5.01 Å². The number of hydrazone groups is 1. The molecule has 8 heteroatoms. The van der Waals surface area contributed by atoms with Gasteiger partial charge in [0.15, 0.2) is 0 Å². The summed E-state index contributed by atoms with van der Waals surface area (Å²) in [6.45, 7) is 6.29. The van der Waals surface area contributed by atoms with Crippen LogP contribution in [0.2, 0.25) is 0 Å². The lowest BCUT2D eigenvalue weighted by Crippen LogP contribution is -2.44. The largest absolute Gasteiger partial charge is 0.497 e. The van der Waals surface area contributed by atoms with Crippen molar-refractivity contribution in [2.24, 2.45) is 11.0 Å². The lowest BCUT2D eigenvalue weighted by molar-refractivity contribution is -0.143. The topological polar surface area (TPSA) is 80.7 Å². The molecule has 0 spiro atoms. The first-order chi connectivity index (χ1) is 16.8. The summed E-state index contributed by atoms with van der Waals surface area (Å²) >= 11 is 0. The number of carbonyl (C=O) groups excluding carboxylic acids is 2. The van der Waals surface area contributed by atoms with Crippen molar-refractivity contribution in [2.45, 2.75) is 33.2 Å². The Balaban J connectivity index is 1.96. The highest BCUT2D eigenvalue weighted by Gasteiger charge is 2.35. The molecule has 35 heavy (non-hydrogen) atoms. The third-order valence-electron chi connectivity index (χ3n) is 6.04. The maximum Gasteiger partial charge on any atom is 0.262 e. The van der Waals surface area contributed by atoms with E-state index >= 15 is 0 Å². The fraction of sp³-hybridized carbons (Fsp3) is 0.444. The molecular weight excluding hydrogens is 446 g/mol. The van der Waals surface area contributed by atoms with E-state index in [1.807, 2.05) is 57.2 Å². The summed E-state index contributed by atoms with van der Waals surface area (Å²) in [7, 11) is 4.77. The SMILES string of the molecule is COCCN(CC(=O)N1N=C(c2ccc(OC)cc2OC)C[C@H]1c1ccc(C)cc1)C(=O)C(C)C. The van der Waals surface area contributed by atoms with E-state index in [9.17, 15) is 9.59 Å². The zero-order chi connectivity index (χ0) is 25.5. The molecule has 1 atom stereocenters. The van der Waals surface area contributed by atoms with Crippen LogP contribution < -0.4 is 9.47 Å². The van der Waals surface area contributed by atoms with Gasteiger partial charge in [0.25, 0.3) is 5.91 Å². The number of methoxy groups -OCH3 is 3. The lowest BCUT2D eigenvalue weighted by atomic mass is 9.97. The Hall–Kier alpha value is -3.39. The predicted molar refractivity (Wildman–Crippen MR) is 135 cm³/mol. The molecule has 2 amide bonds. The third kappa shape index (κ3) is 6.19. The minimum atomic E-state index is -0.289. The second-order valence-corrected chi connectivity index (χ2v) is 8.89. The third-order valence-corrected chi connectivity index (χ3v) is 6.04. The van der Waals surface area contributed by atoms with Gasteiger partial charge in [0.2, 0.25) is 5.91 Å². The normalized spacial score (nSPS) is 15.2. The molecule has 1 aliphatic heterocycles. The van der Waals surface area contributed by atoms with E-state index in [1.54, 1.807) is 32.3 Å². The molecule has 1 heterocycles. The summed E-state index contributed by atoms with van der Waals surface area (Å²) in [5.41, 5.74) is 3.65. The van der Waals surface area contributed by atoms with Gasteiger partial charge in [-0.2, -0.15) is 5.10 Å². The molecule has 8 nitrogen and oxygen atoms in total. The minimum Gasteiger partial charge on any atom is -0.497 e. The molecule has 0 aromatic heterocycles. The summed E-state index contributed by atoms with van der Waals surface area (Å²) in [6, 6.07) is 13.3. The van der Waals surface area contributed by atoms with Gasteiger partial charge >= 0.3 is 0 Å². The molecule has 0 unspecified atom stereocenters. The molecule has 3 rings (SSSR count). The first-order valence-electron chi connectivity index (χ1n) is 11.7. The van der Waals surface area contributed by atoms with Crippen LogP contribution in [0.25, 0.3) is 0 Å². The van der Waals surface area contributed by atoms with Gasteiger partial charge in [-0.3, -0.25) is 9.59 Å². The highest BCUT2D eigenvalue weighted by molar-refractivity contribution is 6.05. The maximum atomic E-state index is 13.6. The summed E-state index contributed by atoms with van der Waals surface area (Å²) in [5.74, 6) is 0.726. The molecular formula is C27H35N3O5. The Kier molecular flexibility index (Phi) is 8.87. The van der Waals surface area contributed by atoms with Crippen molar-refractivity contribution < 1.29 is 23.8 Å². The number of nitrogens with zero attached hydrogens (tertiary/aromatic N) is 3. The van der Waals surface area contributed by atoms with Crippen LogP contribution in [0.4, 0.5) is 0 Å². The number of carbonyl (C=O) groups is 2. The Morgan fingerprint density at radius 2 is 1.80 bits per heavy atom. The van der Waals surface area contributed by atoms with E-state index in [0.29, 0.717) is 31.1 Å². The fourth-order valence-corrected chi connectivity index (χ4v) is 4.06. The standard InChI is InChI=1S/C27H35N3O5/c1-18(2)27(32)29(13-14-33-4)17-26(31)30-24(20-9-7-19(3)8-10-20)16-23(28-30)22-12-11-21(34-5)15-25(22)35-6/h7-12,15,18,24H,13-14,16-17H2,1-6H3/t24-/m0/s1. The molecule has 0 fully saturated rings. The molecule has 0 radical (unpaired) electrons. The molecule has 0 saturated heterocycles. The zero-order valence-electron chi connectivity index (χ0n) is 21.4. The highest BCUT2D eigenvalue weighted by atomic mass is 16.5. The number of rotatable bonds is 10. The van der Waals surface area contributed by atoms with Crippen LogP contribution in [0.3, 0.4) is 0 Å². The van der Waals surface area contributed by atoms with Gasteiger partial charge in [0.1, 0.15) is 18.0 Å². The monoisotopic (exact) mass is 481 g/mol. The molecule has 0 bridgehead atoms. The Morgan fingerprint density at radius 1 is 1.09 bits per heavy atom. The summed E-state index contributed by atoms with van der Waals surface area (Å²) in [6.07, 6.45) is 0.522. The van der Waals surface area contributed by atoms with Crippen molar-refractivity contribution in [3.63, 3.8) is 0 Å². The number of aryl methyl sites for hydroxylation is 1. The van der Waals surface area contributed by atoms with E-state index in [2.05, 4.69) is 0 Å². The predicted octanol–water partition coefficient (Wildman–Crippen LogP) is 3.82. The Labute approximate surface area is 207 Å². The molecule has 2 aromatic rings. The maximum absolute atomic E-state index is 13.6. The summed E-state index contributed by atoms with van der Waals surface area (Å²) in [4.78, 5) is 27.9. The summed E-state index contributed by atoms with van der Waals surface area (Å²) < 4.78 is 16.1. The molecule has 188 valence electrons. The van der Waals surface area contributed by atoms with Gasteiger partial charge in [-0.15, -0.1) is 0 Å². The Morgan fingerprint density at radius 3 is 2.40 bits per heavy atom. The van der Waals surface area contributed by atoms with E-state index < -0.39 is 0 Å². The van der Waals surface area contributed by atoms with Gasteiger partial charge in [-0.1, -0.05) is 43.7 Å². The second-order valence-electron chi connectivity index (χ2n) is 8.89. The van der Waals surface area contributed by atoms with Gasteiger partial charge < -0.3 is 19.1 Å². The smallest absolute Gasteiger partial charge is 0.262 e. The van der Waals surface area contributed by atoms with Gasteiger partial charge in [0, 0.05) is 37.6 Å². The molecule has 2 aromatic carbocycles. The average Bonchev–Trinajstić information content (AvgIpc) is 3.31. The first-order valence-corrected chi connectivity index (χ1v) is 11.7. The minimum absolute atomic E-state index is 0.0702. The van der Waals surface area contributed by atoms with Gasteiger partial charge in [0.05, 0.1) is 32.6 Å². The fourth-order valence-electron chi connectivity index (χ4n) is 4.06. The van der Waals surface area contributed by atoms with Crippen LogP contribution in [0.1, 0.15) is 43.0 Å². The van der Waals surface area contributed by atoms with Crippen molar-refractivity contribution >= 4 is 17.5 Å². The number of hydrogen-bond donors (Lipinski definition) is 0. The first kappa shape index (κ1) is 26.2. The quantitative estimate of drug-likeness (QED) is 0.515. The highest BCUT2D eigenvalue weighted by Crippen LogP contribution is 2.36. The number of hydrogen-bond acceptors (Lipinski definition) is 6. The van der Waals surface area contributed by atoms with Gasteiger partial charge in [-0.05, 0) is 24.6 Å². The zero-order valence-corrected chi connectivity index (χ0v) is 21.4. The van der Waals surface area contributed by atoms with Crippen LogP contribution in [-0.2, 0) is 14.3 Å². The second kappa shape index (κ2) is 11.8. The van der Waals surface area contributed by atoms with E-state index in [-0.39, 0.29) is 30.3 Å². The Bertz CT molecular complexity index is 1060. The van der Waals surface area contributed by atoms with Crippen LogP contribution in [-0.4, -0.2) is 68.5 Å². The molecule has 0 saturated carbocycles. The molecule has 1 aliphatic rings. The van der Waals surface area contributed by atoms with Crippen molar-refractivity contribution in [2.75, 3.05) is 41.0 Å². The van der Waals surface area contributed by atoms with E-state index in [4.69, 9.17) is 19.3 Å². The van der Waals surface area contributed by atoms with E-state index in [0.717, 1.165) is 22.4 Å². The van der Waals surface area contributed by atoms with Crippen molar-refractivity contribution in [3.05, 3.63) is 59.2 Å². The van der Waals surface area contributed by atoms with Gasteiger partial charge in [-0.25, -0.2) is 5.01 Å². The molecule has 0 aliphatic carbocycles. The van der Waals surface area contributed by atoms with Crippen LogP contribution in [0, 0.1) is 12.8 Å². The number of ether oxygens (including phenoxy) is 3. The van der Waals surface area contributed by atoms with Crippen LogP contribution in [0.5, 0.6) is 11.5 Å². The molecule has 0 N–H and O–H groups in total. The van der Waals surface area contributed by atoms with Crippen molar-refractivity contribution in [1.82, 2.24) is 9.91 Å². The van der Waals surface area contributed by atoms with Crippen molar-refractivity contribution in [1.29, 1.82) is 0 Å². The van der Waals surface area contributed by atoms with Crippen LogP contribution >= 0.6 is 0 Å². The number of amides is 2. The van der Waals surface area contributed by atoms with Crippen LogP contribution in [0.15, 0.2) is 47.6 Å². The summed E-state index contributed by atoms with van der Waals surface area (Å²) in [5, 5.41) is 6.26.